The predicted octanol–water partition coefficient (Wildman–Crippen LogP) is 3.22. The number of likely N-dealkylation sites (tertiary alicyclic amines) is 1. The molecule has 0 saturated carbocycles. The number of carbonyl (C=O) groups excluding carboxylic acids is 1. The highest BCUT2D eigenvalue weighted by Gasteiger charge is 2.32. The normalized spacial score (nSPS) is 25.9. The smallest absolute Gasteiger partial charge is 0.265 e. The molecule has 2 atom stereocenters. The van der Waals surface area contributed by atoms with Gasteiger partial charge in [-0.1, -0.05) is 6.92 Å². The molecule has 1 aromatic heterocycles. The van der Waals surface area contributed by atoms with Gasteiger partial charge in [0.15, 0.2) is 0 Å². The molecule has 4 heteroatoms. The van der Waals surface area contributed by atoms with Gasteiger partial charge in [0.2, 0.25) is 0 Å². The minimum Gasteiger partial charge on any atom is -0.335 e. The van der Waals surface area contributed by atoms with Gasteiger partial charge in [0, 0.05) is 16.2 Å². The van der Waals surface area contributed by atoms with Gasteiger partial charge in [0.1, 0.15) is 4.88 Å². The third-order valence-electron chi connectivity index (χ3n) is 3.21. The summed E-state index contributed by atoms with van der Waals surface area (Å²) < 4.78 is 1.08. The minimum absolute atomic E-state index is 0.214. The Hall–Kier alpha value is -0.100. The van der Waals surface area contributed by atoms with Crippen molar-refractivity contribution in [2.24, 2.45) is 5.92 Å². The summed E-state index contributed by atoms with van der Waals surface area (Å²) in [7, 11) is 0. The maximum atomic E-state index is 12.2. The summed E-state index contributed by atoms with van der Waals surface area (Å²) in [6.07, 6.45) is 1.13. The molecular weight excluding hydrogens is 321 g/mol. The van der Waals surface area contributed by atoms with E-state index in [4.69, 9.17) is 0 Å². The summed E-state index contributed by atoms with van der Waals surface area (Å²) in [6, 6.07) is 2.39. The van der Waals surface area contributed by atoms with E-state index in [1.54, 1.807) is 11.3 Å². The van der Waals surface area contributed by atoms with Gasteiger partial charge in [0.25, 0.3) is 5.91 Å². The van der Waals surface area contributed by atoms with E-state index < -0.39 is 0 Å². The minimum atomic E-state index is 0.214. The van der Waals surface area contributed by atoms with Crippen molar-refractivity contribution in [1.82, 2.24) is 4.90 Å². The molecule has 0 radical (unpaired) electrons. The van der Waals surface area contributed by atoms with Gasteiger partial charge in [0.05, 0.1) is 0 Å². The Morgan fingerprint density at radius 1 is 1.60 bits per heavy atom. The average molecular weight is 335 g/mol. The number of hydrogen-bond acceptors (Lipinski definition) is 2. The van der Waals surface area contributed by atoms with Crippen LogP contribution in [0.3, 0.4) is 0 Å². The van der Waals surface area contributed by atoms with Gasteiger partial charge < -0.3 is 4.90 Å². The van der Waals surface area contributed by atoms with Crippen molar-refractivity contribution in [2.75, 3.05) is 6.54 Å². The molecule has 0 aromatic carbocycles. The number of amides is 1. The Balaban J connectivity index is 2.19. The summed E-state index contributed by atoms with van der Waals surface area (Å²) >= 11 is 3.78. The molecule has 1 amide bonds. The molecule has 1 saturated heterocycles. The van der Waals surface area contributed by atoms with Gasteiger partial charge in [-0.05, 0) is 53.3 Å². The topological polar surface area (TPSA) is 20.3 Å². The third kappa shape index (κ3) is 2.06. The van der Waals surface area contributed by atoms with E-state index >= 15 is 0 Å². The van der Waals surface area contributed by atoms with Gasteiger partial charge in [-0.3, -0.25) is 4.79 Å². The predicted molar refractivity (Wildman–Crippen MR) is 71.3 cm³/mol. The van der Waals surface area contributed by atoms with Gasteiger partial charge in [-0.25, -0.2) is 0 Å². The largest absolute Gasteiger partial charge is 0.335 e. The van der Waals surface area contributed by atoms with Crippen molar-refractivity contribution in [2.45, 2.75) is 26.3 Å². The monoisotopic (exact) mass is 335 g/mol. The van der Waals surface area contributed by atoms with Crippen LogP contribution >= 0.6 is 33.9 Å². The van der Waals surface area contributed by atoms with Crippen LogP contribution in [0.4, 0.5) is 0 Å². The van der Waals surface area contributed by atoms with Crippen molar-refractivity contribution in [1.29, 1.82) is 0 Å². The SMILES string of the molecule is CC1CCN(C(=O)c2sccc2I)C1C. The molecule has 0 bridgehead atoms. The van der Waals surface area contributed by atoms with E-state index in [9.17, 15) is 4.79 Å². The molecule has 0 N–H and O–H groups in total. The second-order valence-electron chi connectivity index (χ2n) is 4.10. The molecule has 2 unspecified atom stereocenters. The van der Waals surface area contributed by atoms with E-state index in [1.807, 2.05) is 16.3 Å². The summed E-state index contributed by atoms with van der Waals surface area (Å²) in [5, 5.41) is 1.99. The molecule has 0 spiro atoms. The van der Waals surface area contributed by atoms with Gasteiger partial charge in [-0.2, -0.15) is 0 Å². The lowest BCUT2D eigenvalue weighted by atomic mass is 10.1. The molecule has 1 aliphatic heterocycles. The maximum Gasteiger partial charge on any atom is 0.265 e. The van der Waals surface area contributed by atoms with Crippen LogP contribution < -0.4 is 0 Å². The summed E-state index contributed by atoms with van der Waals surface area (Å²) in [5.74, 6) is 0.845. The van der Waals surface area contributed by atoms with Crippen molar-refractivity contribution in [3.63, 3.8) is 0 Å². The van der Waals surface area contributed by atoms with E-state index in [2.05, 4.69) is 36.4 Å². The second kappa shape index (κ2) is 4.41. The lowest BCUT2D eigenvalue weighted by Gasteiger charge is -2.22. The number of hydrogen-bond donors (Lipinski definition) is 0. The zero-order valence-electron chi connectivity index (χ0n) is 8.87. The Bertz CT molecular complexity index is 376. The first-order chi connectivity index (χ1) is 7.11. The van der Waals surface area contributed by atoms with Crippen LogP contribution in [0.2, 0.25) is 0 Å². The van der Waals surface area contributed by atoms with Gasteiger partial charge in [-0.15, -0.1) is 11.3 Å². The Morgan fingerprint density at radius 3 is 2.80 bits per heavy atom. The van der Waals surface area contributed by atoms with Crippen molar-refractivity contribution < 1.29 is 4.79 Å². The molecule has 15 heavy (non-hydrogen) atoms. The Labute approximate surface area is 108 Å². The number of carbonyl (C=O) groups is 1. The fourth-order valence-corrected chi connectivity index (χ4v) is 3.73. The van der Waals surface area contributed by atoms with Crippen LogP contribution in [0.1, 0.15) is 29.9 Å². The Morgan fingerprint density at radius 2 is 2.33 bits per heavy atom. The first-order valence-electron chi connectivity index (χ1n) is 5.15. The average Bonchev–Trinajstić information content (AvgIpc) is 2.75. The molecule has 0 aliphatic carbocycles. The quantitative estimate of drug-likeness (QED) is 0.722. The molecule has 1 aromatic rings. The first-order valence-corrected chi connectivity index (χ1v) is 7.11. The lowest BCUT2D eigenvalue weighted by molar-refractivity contribution is 0.0739. The number of thiophene rings is 1. The highest BCUT2D eigenvalue weighted by atomic mass is 127. The van der Waals surface area contributed by atoms with E-state index in [0.717, 1.165) is 21.4 Å². The van der Waals surface area contributed by atoms with Crippen molar-refractivity contribution in [3.8, 4) is 0 Å². The highest BCUT2D eigenvalue weighted by Crippen LogP contribution is 2.28. The number of rotatable bonds is 1. The zero-order chi connectivity index (χ0) is 11.0. The molecule has 2 nitrogen and oxygen atoms in total. The summed E-state index contributed by atoms with van der Waals surface area (Å²) in [6.45, 7) is 5.28. The number of nitrogens with zero attached hydrogens (tertiary/aromatic N) is 1. The van der Waals surface area contributed by atoms with Crippen LogP contribution in [0.5, 0.6) is 0 Å². The molecule has 1 aliphatic rings. The lowest BCUT2D eigenvalue weighted by Crippen LogP contribution is -2.35. The van der Waals surface area contributed by atoms with Gasteiger partial charge >= 0.3 is 0 Å². The van der Waals surface area contributed by atoms with Crippen LogP contribution in [-0.4, -0.2) is 23.4 Å². The Kier molecular flexibility index (Phi) is 3.35. The second-order valence-corrected chi connectivity index (χ2v) is 6.18. The van der Waals surface area contributed by atoms with E-state index in [1.165, 1.54) is 0 Å². The van der Waals surface area contributed by atoms with Crippen molar-refractivity contribution in [3.05, 3.63) is 19.9 Å². The summed E-state index contributed by atoms with van der Waals surface area (Å²) in [4.78, 5) is 15.1. The molecular formula is C11H14INOS. The standard InChI is InChI=1S/C11H14INOS/c1-7-3-5-13(8(7)2)11(14)10-9(12)4-6-15-10/h4,6-8H,3,5H2,1-2H3. The van der Waals surface area contributed by atoms with E-state index in [-0.39, 0.29) is 5.91 Å². The maximum absolute atomic E-state index is 12.2. The fourth-order valence-electron chi connectivity index (χ4n) is 1.96. The van der Waals surface area contributed by atoms with Crippen LogP contribution in [-0.2, 0) is 0 Å². The summed E-state index contributed by atoms with van der Waals surface area (Å²) in [5.41, 5.74) is 0. The van der Waals surface area contributed by atoms with Crippen LogP contribution in [0, 0.1) is 9.49 Å². The van der Waals surface area contributed by atoms with Crippen LogP contribution in [0.25, 0.3) is 0 Å². The zero-order valence-corrected chi connectivity index (χ0v) is 11.8. The first kappa shape index (κ1) is 11.4. The van der Waals surface area contributed by atoms with Crippen molar-refractivity contribution >= 4 is 39.8 Å². The molecule has 2 heterocycles. The molecule has 1 fully saturated rings. The molecule has 2 rings (SSSR count). The van der Waals surface area contributed by atoms with Crippen LogP contribution in [0.15, 0.2) is 11.4 Å². The highest BCUT2D eigenvalue weighted by molar-refractivity contribution is 14.1. The third-order valence-corrected chi connectivity index (χ3v) is 5.38. The molecule has 82 valence electrons. The van der Waals surface area contributed by atoms with E-state index in [0.29, 0.717) is 12.0 Å². The number of halogens is 1. The fraction of sp³-hybridized carbons (Fsp3) is 0.545.